The Hall–Kier alpha value is -2.08. The summed E-state index contributed by atoms with van der Waals surface area (Å²) in [6, 6.07) is 4.41. The molecule has 1 saturated heterocycles. The molecule has 2 rings (SSSR count). The fraction of sp³-hybridized carbons (Fsp3) is 0.636. The van der Waals surface area contributed by atoms with E-state index in [1.807, 2.05) is 0 Å². The molecule has 0 saturated carbocycles. The second-order valence-corrected chi connectivity index (χ2v) is 8.10. The Balaban J connectivity index is 0.000000568. The quantitative estimate of drug-likeness (QED) is 0.563. The highest BCUT2D eigenvalue weighted by Crippen LogP contribution is 2.25. The molecule has 0 amide bonds. The number of carbonyl (C=O) groups is 2. The summed E-state index contributed by atoms with van der Waals surface area (Å²) in [5.41, 5.74) is 3.84. The smallest absolute Gasteiger partial charge is 0.414 e. The highest BCUT2D eigenvalue weighted by Gasteiger charge is 2.20. The number of carboxylic acids is 2. The van der Waals surface area contributed by atoms with Gasteiger partial charge in [-0.3, -0.25) is 0 Å². The number of nitrogens with zero attached hydrogens (tertiary/aromatic N) is 1. The number of benzene rings is 1. The first-order valence-electron chi connectivity index (χ1n) is 9.99. The standard InChI is InChI=1S/C20H33NO.C2H2O4/c1-15-11-18(4)20(19(5)12-15)22-9-7-6-8-21-13-16(2)10-17(3)14-21;3-1(4)2(5)6/h11-12,16-17H,6-10,13-14H2,1-5H3;(H,3,4)(H,5,6). The number of rotatable bonds is 6. The predicted octanol–water partition coefficient (Wildman–Crippen LogP) is 3.90. The van der Waals surface area contributed by atoms with Crippen LogP contribution in [0.25, 0.3) is 0 Å². The number of piperidine rings is 1. The van der Waals surface area contributed by atoms with Crippen molar-refractivity contribution in [3.05, 3.63) is 28.8 Å². The molecular weight excluding hydrogens is 358 g/mol. The molecule has 1 aromatic carbocycles. The summed E-state index contributed by atoms with van der Waals surface area (Å²) in [6.07, 6.45) is 3.78. The molecular formula is C22H35NO5. The first kappa shape index (κ1) is 24.0. The molecule has 6 heteroatoms. The monoisotopic (exact) mass is 393 g/mol. The van der Waals surface area contributed by atoms with E-state index in [2.05, 4.69) is 51.7 Å². The Morgan fingerprint density at radius 2 is 1.50 bits per heavy atom. The van der Waals surface area contributed by atoms with E-state index in [0.29, 0.717) is 0 Å². The molecule has 2 N–H and O–H groups in total. The second kappa shape index (κ2) is 11.7. The molecule has 0 radical (unpaired) electrons. The summed E-state index contributed by atoms with van der Waals surface area (Å²) in [7, 11) is 0. The lowest BCUT2D eigenvalue weighted by Gasteiger charge is -2.34. The fourth-order valence-corrected chi connectivity index (χ4v) is 3.98. The van der Waals surface area contributed by atoms with Gasteiger partial charge >= 0.3 is 11.9 Å². The largest absolute Gasteiger partial charge is 0.493 e. The maximum atomic E-state index is 9.10. The third-order valence-corrected chi connectivity index (χ3v) is 4.85. The molecule has 0 bridgehead atoms. The van der Waals surface area contributed by atoms with Gasteiger partial charge in [0, 0.05) is 13.1 Å². The van der Waals surface area contributed by atoms with Gasteiger partial charge in [0.2, 0.25) is 0 Å². The number of likely N-dealkylation sites (tertiary alicyclic amines) is 1. The molecule has 0 spiro atoms. The lowest BCUT2D eigenvalue weighted by molar-refractivity contribution is -0.159. The van der Waals surface area contributed by atoms with Crippen molar-refractivity contribution in [1.82, 2.24) is 4.90 Å². The van der Waals surface area contributed by atoms with E-state index in [9.17, 15) is 0 Å². The van der Waals surface area contributed by atoms with Crippen LogP contribution in [0.4, 0.5) is 0 Å². The first-order chi connectivity index (χ1) is 13.1. The van der Waals surface area contributed by atoms with Crippen LogP contribution >= 0.6 is 0 Å². The lowest BCUT2D eigenvalue weighted by atomic mass is 9.92. The Morgan fingerprint density at radius 3 is 1.96 bits per heavy atom. The number of hydrogen-bond donors (Lipinski definition) is 2. The summed E-state index contributed by atoms with van der Waals surface area (Å²) in [5.74, 6) is -0.841. The van der Waals surface area contributed by atoms with Gasteiger partial charge in [0.05, 0.1) is 6.61 Å². The predicted molar refractivity (Wildman–Crippen MR) is 110 cm³/mol. The summed E-state index contributed by atoms with van der Waals surface area (Å²) in [4.78, 5) is 20.8. The SMILES string of the molecule is Cc1cc(C)c(OCCCCN2CC(C)CC(C)C2)c(C)c1.O=C(O)C(=O)O. The van der Waals surface area contributed by atoms with E-state index in [1.54, 1.807) is 0 Å². The van der Waals surface area contributed by atoms with E-state index < -0.39 is 11.9 Å². The summed E-state index contributed by atoms with van der Waals surface area (Å²) in [6.45, 7) is 15.8. The highest BCUT2D eigenvalue weighted by atomic mass is 16.5. The topological polar surface area (TPSA) is 87.1 Å². The van der Waals surface area contributed by atoms with Crippen LogP contribution in [0.3, 0.4) is 0 Å². The fourth-order valence-electron chi connectivity index (χ4n) is 3.98. The van der Waals surface area contributed by atoms with Crippen LogP contribution in [-0.4, -0.2) is 53.3 Å². The van der Waals surface area contributed by atoms with Crippen molar-refractivity contribution in [1.29, 1.82) is 0 Å². The Labute approximate surface area is 168 Å². The maximum Gasteiger partial charge on any atom is 0.414 e. The Morgan fingerprint density at radius 1 is 1.00 bits per heavy atom. The van der Waals surface area contributed by atoms with Crippen LogP contribution in [0.1, 0.15) is 49.8 Å². The minimum Gasteiger partial charge on any atom is -0.493 e. The van der Waals surface area contributed by atoms with Gasteiger partial charge in [0.1, 0.15) is 5.75 Å². The molecule has 158 valence electrons. The lowest BCUT2D eigenvalue weighted by Crippen LogP contribution is -2.39. The van der Waals surface area contributed by atoms with Gasteiger partial charge in [-0.15, -0.1) is 0 Å². The van der Waals surface area contributed by atoms with Gasteiger partial charge in [-0.25, -0.2) is 9.59 Å². The van der Waals surface area contributed by atoms with E-state index in [4.69, 9.17) is 24.5 Å². The average Bonchev–Trinajstić information content (AvgIpc) is 2.56. The highest BCUT2D eigenvalue weighted by molar-refractivity contribution is 6.27. The van der Waals surface area contributed by atoms with Gasteiger partial charge in [-0.1, -0.05) is 31.5 Å². The van der Waals surface area contributed by atoms with E-state index in [0.717, 1.165) is 30.6 Å². The normalized spacial score (nSPS) is 19.5. The van der Waals surface area contributed by atoms with Crippen molar-refractivity contribution in [3.8, 4) is 5.75 Å². The van der Waals surface area contributed by atoms with Crippen LogP contribution in [-0.2, 0) is 9.59 Å². The summed E-state index contributed by atoms with van der Waals surface area (Å²) >= 11 is 0. The van der Waals surface area contributed by atoms with Crippen LogP contribution in [0.2, 0.25) is 0 Å². The zero-order valence-electron chi connectivity index (χ0n) is 17.8. The number of aliphatic carboxylic acids is 2. The number of hydrogen-bond acceptors (Lipinski definition) is 4. The molecule has 1 aromatic rings. The van der Waals surface area contributed by atoms with Gasteiger partial charge in [0.25, 0.3) is 0 Å². The molecule has 28 heavy (non-hydrogen) atoms. The van der Waals surface area contributed by atoms with Crippen molar-refractivity contribution in [2.24, 2.45) is 11.8 Å². The number of carboxylic acid groups (broad SMARTS) is 2. The van der Waals surface area contributed by atoms with E-state index in [-0.39, 0.29) is 0 Å². The molecule has 1 fully saturated rings. The van der Waals surface area contributed by atoms with Gasteiger partial charge in [-0.2, -0.15) is 0 Å². The third-order valence-electron chi connectivity index (χ3n) is 4.85. The summed E-state index contributed by atoms with van der Waals surface area (Å²) < 4.78 is 6.04. The molecule has 2 unspecified atom stereocenters. The molecule has 1 aliphatic rings. The zero-order valence-corrected chi connectivity index (χ0v) is 17.8. The maximum absolute atomic E-state index is 9.10. The van der Waals surface area contributed by atoms with E-state index >= 15 is 0 Å². The van der Waals surface area contributed by atoms with Gasteiger partial charge in [-0.05, 0) is 69.5 Å². The van der Waals surface area contributed by atoms with Crippen molar-refractivity contribution in [2.75, 3.05) is 26.2 Å². The number of unbranched alkanes of at least 4 members (excludes halogenated alkanes) is 1. The van der Waals surface area contributed by atoms with Crippen molar-refractivity contribution < 1.29 is 24.5 Å². The molecule has 6 nitrogen and oxygen atoms in total. The molecule has 0 aliphatic carbocycles. The number of aryl methyl sites for hydroxylation is 3. The number of ether oxygens (including phenoxy) is 1. The minimum atomic E-state index is -1.82. The van der Waals surface area contributed by atoms with Crippen LogP contribution in [0.15, 0.2) is 12.1 Å². The third kappa shape index (κ3) is 8.74. The van der Waals surface area contributed by atoms with Crippen LogP contribution in [0, 0.1) is 32.6 Å². The second-order valence-electron chi connectivity index (χ2n) is 8.10. The van der Waals surface area contributed by atoms with Crippen molar-refractivity contribution in [3.63, 3.8) is 0 Å². The van der Waals surface area contributed by atoms with Crippen LogP contribution < -0.4 is 4.74 Å². The van der Waals surface area contributed by atoms with Gasteiger partial charge in [0.15, 0.2) is 0 Å². The Kier molecular flexibility index (Phi) is 10.0. The molecule has 0 aromatic heterocycles. The van der Waals surface area contributed by atoms with Crippen molar-refractivity contribution in [2.45, 2.75) is 53.9 Å². The first-order valence-corrected chi connectivity index (χ1v) is 9.99. The molecule has 1 heterocycles. The van der Waals surface area contributed by atoms with E-state index in [1.165, 1.54) is 49.2 Å². The van der Waals surface area contributed by atoms with Gasteiger partial charge < -0.3 is 19.8 Å². The minimum absolute atomic E-state index is 0.837. The van der Waals surface area contributed by atoms with Crippen LogP contribution in [0.5, 0.6) is 5.75 Å². The Bertz CT molecular complexity index is 613. The summed E-state index contributed by atoms with van der Waals surface area (Å²) in [5, 5.41) is 14.8. The zero-order chi connectivity index (χ0) is 21.3. The molecule has 2 atom stereocenters. The van der Waals surface area contributed by atoms with Crippen molar-refractivity contribution >= 4 is 11.9 Å². The molecule has 1 aliphatic heterocycles. The average molecular weight is 394 g/mol.